The summed E-state index contributed by atoms with van der Waals surface area (Å²) in [6.07, 6.45) is 7.77. The van der Waals surface area contributed by atoms with Gasteiger partial charge in [0.05, 0.1) is 17.5 Å². The third-order valence-corrected chi connectivity index (χ3v) is 7.24. The van der Waals surface area contributed by atoms with Gasteiger partial charge in [-0.3, -0.25) is 14.6 Å². The van der Waals surface area contributed by atoms with Crippen LogP contribution in [-0.2, 0) is 4.79 Å². The van der Waals surface area contributed by atoms with Crippen molar-refractivity contribution in [3.63, 3.8) is 0 Å². The summed E-state index contributed by atoms with van der Waals surface area (Å²) < 4.78 is 0. The second-order valence-electron chi connectivity index (χ2n) is 8.86. The maximum Gasteiger partial charge on any atom is 0.169 e. The van der Waals surface area contributed by atoms with Crippen molar-refractivity contribution in [2.24, 2.45) is 23.2 Å². The number of carbonyl (C=O) groups is 2. The maximum atomic E-state index is 13.9. The standard InChI is InChI=1S/C23H21N3O2/c27-21-14-7-13-8-15(21)11-23(9-13,10-14)22(28)17-4-2-1-3-16(17)19-20-18(5-6-24-19)25-12-26-20/h1-6,12-15H,7-11H2,(H,25,26). The zero-order valence-electron chi connectivity index (χ0n) is 15.5. The molecular formula is C23H21N3O2. The van der Waals surface area contributed by atoms with Crippen LogP contribution in [0.15, 0.2) is 42.9 Å². The van der Waals surface area contributed by atoms with E-state index in [1.165, 1.54) is 0 Å². The molecule has 28 heavy (non-hydrogen) atoms. The first-order valence-corrected chi connectivity index (χ1v) is 10.1. The number of fused-ring (bicyclic) bond motifs is 1. The van der Waals surface area contributed by atoms with E-state index in [0.29, 0.717) is 11.7 Å². The van der Waals surface area contributed by atoms with Gasteiger partial charge < -0.3 is 4.98 Å². The van der Waals surface area contributed by atoms with E-state index in [2.05, 4.69) is 15.0 Å². The van der Waals surface area contributed by atoms with Crippen LogP contribution in [0.2, 0.25) is 0 Å². The normalized spacial score (nSPS) is 30.9. The number of aromatic nitrogens is 3. The number of nitrogens with one attached hydrogen (secondary N) is 1. The van der Waals surface area contributed by atoms with Crippen molar-refractivity contribution in [3.05, 3.63) is 48.4 Å². The van der Waals surface area contributed by atoms with Gasteiger partial charge in [0.15, 0.2) is 5.78 Å². The molecule has 4 saturated carbocycles. The van der Waals surface area contributed by atoms with Gasteiger partial charge in [-0.25, -0.2) is 4.98 Å². The molecule has 0 aliphatic heterocycles. The van der Waals surface area contributed by atoms with Gasteiger partial charge in [-0.2, -0.15) is 0 Å². The minimum atomic E-state index is -0.375. The van der Waals surface area contributed by atoms with Crippen molar-refractivity contribution in [1.29, 1.82) is 0 Å². The molecule has 4 fully saturated rings. The summed E-state index contributed by atoms with van der Waals surface area (Å²) >= 11 is 0. The van der Waals surface area contributed by atoms with Crippen LogP contribution in [0.1, 0.15) is 42.5 Å². The van der Waals surface area contributed by atoms with Crippen molar-refractivity contribution in [2.45, 2.75) is 32.1 Å². The van der Waals surface area contributed by atoms with Gasteiger partial charge in [-0.15, -0.1) is 0 Å². The number of ketones is 2. The predicted molar refractivity (Wildman–Crippen MR) is 105 cm³/mol. The zero-order chi connectivity index (χ0) is 18.9. The molecule has 0 radical (unpaired) electrons. The monoisotopic (exact) mass is 371 g/mol. The molecule has 1 aromatic carbocycles. The third kappa shape index (κ3) is 2.13. The number of carbonyl (C=O) groups excluding carboxylic acids is 2. The van der Waals surface area contributed by atoms with Crippen molar-refractivity contribution >= 4 is 22.6 Å². The molecule has 5 nitrogen and oxygen atoms in total. The Labute approximate surface area is 162 Å². The summed E-state index contributed by atoms with van der Waals surface area (Å²) in [7, 11) is 0. The molecule has 4 bridgehead atoms. The number of hydrogen-bond acceptors (Lipinski definition) is 4. The molecule has 140 valence electrons. The fraction of sp³-hybridized carbons (Fsp3) is 0.391. The molecule has 0 spiro atoms. The predicted octanol–water partition coefficient (Wildman–Crippen LogP) is 4.20. The van der Waals surface area contributed by atoms with E-state index in [1.54, 1.807) is 12.5 Å². The molecule has 2 unspecified atom stereocenters. The Hall–Kier alpha value is -2.82. The summed E-state index contributed by atoms with van der Waals surface area (Å²) in [5.74, 6) is 1.32. The van der Waals surface area contributed by atoms with Crippen LogP contribution in [0.5, 0.6) is 0 Å². The SMILES string of the molecule is O=C1C2CC3CC1CC(C(=O)c1ccccc1-c1nccc4[nH]cnc14)(C3)C2. The quantitative estimate of drug-likeness (QED) is 0.700. The van der Waals surface area contributed by atoms with E-state index in [1.807, 2.05) is 30.3 Å². The summed E-state index contributed by atoms with van der Waals surface area (Å²) in [5.41, 5.74) is 3.62. The number of pyridine rings is 1. The molecule has 1 N–H and O–H groups in total. The van der Waals surface area contributed by atoms with Crippen LogP contribution in [0.3, 0.4) is 0 Å². The molecule has 4 aliphatic rings. The number of hydrogen-bond donors (Lipinski definition) is 1. The summed E-state index contributed by atoms with van der Waals surface area (Å²) in [4.78, 5) is 38.6. The van der Waals surface area contributed by atoms with Gasteiger partial charge >= 0.3 is 0 Å². The Kier molecular flexibility index (Phi) is 3.23. The van der Waals surface area contributed by atoms with E-state index in [9.17, 15) is 9.59 Å². The number of Topliss-reactive ketones (excluding diaryl/α,β-unsaturated/α-hetero) is 2. The smallest absolute Gasteiger partial charge is 0.169 e. The highest BCUT2D eigenvalue weighted by Crippen LogP contribution is 2.59. The fourth-order valence-corrected chi connectivity index (χ4v) is 6.26. The van der Waals surface area contributed by atoms with Crippen molar-refractivity contribution in [3.8, 4) is 11.3 Å². The second-order valence-corrected chi connectivity index (χ2v) is 8.86. The highest BCUT2D eigenvalue weighted by molar-refractivity contribution is 6.08. The Morgan fingerprint density at radius 3 is 2.64 bits per heavy atom. The molecule has 2 heterocycles. The zero-order valence-corrected chi connectivity index (χ0v) is 15.5. The first-order chi connectivity index (χ1) is 13.6. The molecule has 2 aromatic heterocycles. The lowest BCUT2D eigenvalue weighted by Gasteiger charge is -2.54. The Morgan fingerprint density at radius 1 is 1.04 bits per heavy atom. The maximum absolute atomic E-state index is 13.9. The fourth-order valence-electron chi connectivity index (χ4n) is 6.26. The van der Waals surface area contributed by atoms with Crippen LogP contribution in [0.4, 0.5) is 0 Å². The van der Waals surface area contributed by atoms with Gasteiger partial charge in [0.25, 0.3) is 0 Å². The number of benzene rings is 1. The lowest BCUT2D eigenvalue weighted by molar-refractivity contribution is -0.143. The van der Waals surface area contributed by atoms with E-state index in [4.69, 9.17) is 0 Å². The lowest BCUT2D eigenvalue weighted by atomic mass is 9.47. The topological polar surface area (TPSA) is 75.7 Å². The molecular weight excluding hydrogens is 350 g/mol. The molecule has 2 atom stereocenters. The van der Waals surface area contributed by atoms with Crippen molar-refractivity contribution in [1.82, 2.24) is 15.0 Å². The molecule has 3 aromatic rings. The van der Waals surface area contributed by atoms with Crippen LogP contribution >= 0.6 is 0 Å². The van der Waals surface area contributed by atoms with E-state index in [0.717, 1.165) is 60.0 Å². The highest BCUT2D eigenvalue weighted by Gasteiger charge is 2.58. The van der Waals surface area contributed by atoms with Crippen LogP contribution < -0.4 is 0 Å². The number of rotatable bonds is 3. The average Bonchev–Trinajstić information content (AvgIpc) is 3.20. The number of nitrogens with zero attached hydrogens (tertiary/aromatic N) is 2. The van der Waals surface area contributed by atoms with E-state index in [-0.39, 0.29) is 23.0 Å². The van der Waals surface area contributed by atoms with Crippen LogP contribution in [0, 0.1) is 23.2 Å². The summed E-state index contributed by atoms with van der Waals surface area (Å²) in [6, 6.07) is 9.65. The van der Waals surface area contributed by atoms with Gasteiger partial charge in [-0.05, 0) is 44.1 Å². The molecule has 4 aliphatic carbocycles. The second kappa shape index (κ2) is 5.60. The van der Waals surface area contributed by atoms with Gasteiger partial charge in [0.1, 0.15) is 11.3 Å². The number of aromatic amines is 1. The van der Waals surface area contributed by atoms with Crippen LogP contribution in [-0.4, -0.2) is 26.5 Å². The van der Waals surface area contributed by atoms with Gasteiger partial charge in [0.2, 0.25) is 0 Å². The van der Waals surface area contributed by atoms with Crippen LogP contribution in [0.25, 0.3) is 22.3 Å². The Bertz CT molecular complexity index is 1110. The van der Waals surface area contributed by atoms with E-state index < -0.39 is 0 Å². The van der Waals surface area contributed by atoms with Gasteiger partial charge in [-0.1, -0.05) is 24.3 Å². The molecule has 0 amide bonds. The Morgan fingerprint density at radius 2 is 1.82 bits per heavy atom. The molecule has 7 rings (SSSR count). The average molecular weight is 371 g/mol. The van der Waals surface area contributed by atoms with Crippen molar-refractivity contribution < 1.29 is 9.59 Å². The largest absolute Gasteiger partial charge is 0.344 e. The first-order valence-electron chi connectivity index (χ1n) is 10.1. The highest BCUT2D eigenvalue weighted by atomic mass is 16.1. The van der Waals surface area contributed by atoms with E-state index >= 15 is 0 Å². The minimum Gasteiger partial charge on any atom is -0.344 e. The minimum absolute atomic E-state index is 0.0928. The molecule has 5 heteroatoms. The number of H-pyrrole nitrogens is 1. The number of imidazole rings is 1. The molecule has 0 saturated heterocycles. The third-order valence-electron chi connectivity index (χ3n) is 7.24. The Balaban J connectivity index is 1.47. The first kappa shape index (κ1) is 16.2. The van der Waals surface area contributed by atoms with Crippen molar-refractivity contribution in [2.75, 3.05) is 0 Å². The summed E-state index contributed by atoms with van der Waals surface area (Å²) in [5, 5.41) is 0. The summed E-state index contributed by atoms with van der Waals surface area (Å²) in [6.45, 7) is 0. The van der Waals surface area contributed by atoms with Gasteiger partial charge in [0, 0.05) is 34.6 Å². The lowest BCUT2D eigenvalue weighted by Crippen LogP contribution is -2.54.